The monoisotopic (exact) mass is 638 g/mol. The Balaban J connectivity index is 1.81. The third-order valence-electron chi connectivity index (χ3n) is 7.10. The third-order valence-corrected chi connectivity index (χ3v) is 7.90. The van der Waals surface area contributed by atoms with Crippen molar-refractivity contribution >= 4 is 28.4 Å². The molecule has 0 unspecified atom stereocenters. The first-order valence-corrected chi connectivity index (χ1v) is 13.6. The molecule has 0 saturated carbocycles. The standard InChI is InChI=1S/C30H31IN4O4/c1-30(2)13-23-27(24(36)14-30)26(21(16-33)29(34)35(23)9-10-37-3)20-11-22(31)28(25(12-20)38-4)39-17-19-8-6-5-7-18(19)15-32/h5-8,11-12,26H,9-10,13-14,17,34H2,1-4H3/t26-/m0/s1. The van der Waals surface area contributed by atoms with E-state index in [0.29, 0.717) is 60.0 Å². The van der Waals surface area contributed by atoms with Gasteiger partial charge in [0.1, 0.15) is 12.4 Å². The minimum Gasteiger partial charge on any atom is -0.493 e. The molecule has 0 aromatic heterocycles. The zero-order chi connectivity index (χ0) is 28.3. The number of nitrogens with zero attached hydrogens (tertiary/aromatic N) is 3. The molecule has 1 aliphatic heterocycles. The van der Waals surface area contributed by atoms with E-state index >= 15 is 0 Å². The van der Waals surface area contributed by atoms with Gasteiger partial charge in [0.05, 0.1) is 46.5 Å². The van der Waals surface area contributed by atoms with Gasteiger partial charge >= 0.3 is 0 Å². The fourth-order valence-electron chi connectivity index (χ4n) is 5.30. The van der Waals surface area contributed by atoms with Crippen molar-refractivity contribution in [3.8, 4) is 23.6 Å². The lowest BCUT2D eigenvalue weighted by atomic mass is 9.68. The summed E-state index contributed by atoms with van der Waals surface area (Å²) in [6.45, 7) is 5.18. The molecule has 2 aliphatic rings. The van der Waals surface area contributed by atoms with Crippen LogP contribution in [0.25, 0.3) is 0 Å². The molecule has 1 atom stereocenters. The Morgan fingerprint density at radius 3 is 2.56 bits per heavy atom. The van der Waals surface area contributed by atoms with Crippen LogP contribution in [0.1, 0.15) is 49.3 Å². The summed E-state index contributed by atoms with van der Waals surface area (Å²) in [5.41, 5.74) is 10.2. The fraction of sp³-hybridized carbons (Fsp3) is 0.367. The van der Waals surface area contributed by atoms with E-state index in [0.717, 1.165) is 20.4 Å². The van der Waals surface area contributed by atoms with Crippen molar-refractivity contribution in [2.24, 2.45) is 11.1 Å². The van der Waals surface area contributed by atoms with Gasteiger partial charge in [-0.15, -0.1) is 0 Å². The number of benzene rings is 2. The number of hydrogen-bond donors (Lipinski definition) is 1. The van der Waals surface area contributed by atoms with Crippen LogP contribution >= 0.6 is 22.6 Å². The van der Waals surface area contributed by atoms with Crippen LogP contribution in [0.15, 0.2) is 59.1 Å². The molecule has 0 saturated heterocycles. The van der Waals surface area contributed by atoms with E-state index in [2.05, 4.69) is 48.6 Å². The summed E-state index contributed by atoms with van der Waals surface area (Å²) in [5.74, 6) is 0.716. The molecule has 0 radical (unpaired) electrons. The van der Waals surface area contributed by atoms with Gasteiger partial charge in [0.25, 0.3) is 0 Å². The second-order valence-corrected chi connectivity index (χ2v) is 11.5. The molecule has 0 bridgehead atoms. The Kier molecular flexibility index (Phi) is 8.53. The Bertz CT molecular complexity index is 1450. The maximum atomic E-state index is 13.7. The second-order valence-electron chi connectivity index (χ2n) is 10.4. The Morgan fingerprint density at radius 2 is 1.90 bits per heavy atom. The van der Waals surface area contributed by atoms with E-state index in [1.807, 2.05) is 35.2 Å². The predicted octanol–water partition coefficient (Wildman–Crippen LogP) is 5.13. The van der Waals surface area contributed by atoms with Crippen molar-refractivity contribution in [3.05, 3.63) is 79.3 Å². The minimum atomic E-state index is -0.622. The van der Waals surface area contributed by atoms with E-state index in [-0.39, 0.29) is 17.8 Å². The Morgan fingerprint density at radius 1 is 1.15 bits per heavy atom. The van der Waals surface area contributed by atoms with Crippen LogP contribution in [0, 0.1) is 31.6 Å². The van der Waals surface area contributed by atoms with Gasteiger partial charge in [-0.05, 0) is 58.2 Å². The first-order valence-electron chi connectivity index (χ1n) is 12.6. The average Bonchev–Trinajstić information content (AvgIpc) is 2.90. The van der Waals surface area contributed by atoms with Gasteiger partial charge in [0.2, 0.25) is 0 Å². The van der Waals surface area contributed by atoms with E-state index in [1.54, 1.807) is 20.3 Å². The number of halogens is 1. The number of hydrogen-bond acceptors (Lipinski definition) is 8. The topological polar surface area (TPSA) is 122 Å². The summed E-state index contributed by atoms with van der Waals surface area (Å²) >= 11 is 2.17. The molecule has 2 aromatic carbocycles. The molecule has 2 N–H and O–H groups in total. The number of carbonyl (C=O) groups is 1. The summed E-state index contributed by atoms with van der Waals surface area (Å²) in [6, 6.07) is 15.5. The van der Waals surface area contributed by atoms with Crippen molar-refractivity contribution < 1.29 is 19.0 Å². The summed E-state index contributed by atoms with van der Waals surface area (Å²) in [5, 5.41) is 19.7. The molecular formula is C30H31IN4O4. The number of nitriles is 2. The van der Waals surface area contributed by atoms with Crippen LogP contribution in [0.2, 0.25) is 0 Å². The number of Topliss-reactive ketones (excluding diaryl/α,β-unsaturated/α-hetero) is 1. The molecular weight excluding hydrogens is 607 g/mol. The largest absolute Gasteiger partial charge is 0.493 e. The smallest absolute Gasteiger partial charge is 0.174 e. The third kappa shape index (κ3) is 5.61. The van der Waals surface area contributed by atoms with Crippen LogP contribution in [0.3, 0.4) is 0 Å². The van der Waals surface area contributed by atoms with Gasteiger partial charge < -0.3 is 24.8 Å². The highest BCUT2D eigenvalue weighted by atomic mass is 127. The maximum Gasteiger partial charge on any atom is 0.174 e. The zero-order valence-electron chi connectivity index (χ0n) is 22.5. The normalized spacial score (nSPS) is 18.4. The van der Waals surface area contributed by atoms with Crippen molar-refractivity contribution in [2.75, 3.05) is 27.4 Å². The molecule has 0 fully saturated rings. The summed E-state index contributed by atoms with van der Waals surface area (Å²) < 4.78 is 17.9. The summed E-state index contributed by atoms with van der Waals surface area (Å²) in [7, 11) is 3.16. The van der Waals surface area contributed by atoms with Gasteiger partial charge in [0.15, 0.2) is 17.3 Å². The van der Waals surface area contributed by atoms with E-state index in [1.165, 1.54) is 0 Å². The fourth-order valence-corrected chi connectivity index (χ4v) is 6.08. The summed E-state index contributed by atoms with van der Waals surface area (Å²) in [4.78, 5) is 15.5. The van der Waals surface area contributed by atoms with E-state index in [9.17, 15) is 15.3 Å². The lowest BCUT2D eigenvalue weighted by molar-refractivity contribution is -0.118. The highest BCUT2D eigenvalue weighted by molar-refractivity contribution is 14.1. The van der Waals surface area contributed by atoms with Crippen molar-refractivity contribution in [1.82, 2.24) is 4.90 Å². The molecule has 39 heavy (non-hydrogen) atoms. The van der Waals surface area contributed by atoms with E-state index < -0.39 is 5.92 Å². The van der Waals surface area contributed by atoms with Crippen LogP contribution in [0.4, 0.5) is 0 Å². The van der Waals surface area contributed by atoms with Gasteiger partial charge in [-0.2, -0.15) is 10.5 Å². The van der Waals surface area contributed by atoms with Gasteiger partial charge in [-0.1, -0.05) is 32.0 Å². The lowest BCUT2D eigenvalue weighted by Crippen LogP contribution is -2.43. The molecule has 0 amide bonds. The summed E-state index contributed by atoms with van der Waals surface area (Å²) in [6.07, 6.45) is 1.04. The van der Waals surface area contributed by atoms with Crippen LogP contribution in [-0.2, 0) is 16.1 Å². The van der Waals surface area contributed by atoms with Crippen molar-refractivity contribution in [2.45, 2.75) is 39.2 Å². The molecule has 1 heterocycles. The molecule has 9 heteroatoms. The molecule has 0 spiro atoms. The first-order chi connectivity index (χ1) is 18.6. The van der Waals surface area contributed by atoms with Crippen LogP contribution in [0.5, 0.6) is 11.5 Å². The van der Waals surface area contributed by atoms with Gasteiger partial charge in [-0.3, -0.25) is 4.79 Å². The number of allylic oxidation sites excluding steroid dienone is 3. The highest BCUT2D eigenvalue weighted by Gasteiger charge is 2.44. The van der Waals surface area contributed by atoms with Gasteiger partial charge in [0, 0.05) is 36.9 Å². The molecule has 8 nitrogen and oxygen atoms in total. The quantitative estimate of drug-likeness (QED) is 0.395. The number of nitrogens with two attached hydrogens (primary N) is 1. The SMILES string of the molecule is COCCN1C(N)=C(C#N)[C@H](c2cc(I)c(OCc3ccccc3C#N)c(OC)c2)C2=C1CC(C)(C)CC2=O. The first kappa shape index (κ1) is 28.5. The molecule has 202 valence electrons. The molecule has 2 aromatic rings. The number of ether oxygens (including phenoxy) is 3. The number of ketones is 1. The number of carbonyl (C=O) groups excluding carboxylic acids is 1. The Labute approximate surface area is 242 Å². The average molecular weight is 639 g/mol. The zero-order valence-corrected chi connectivity index (χ0v) is 24.7. The Hall–Kier alpha value is -3.54. The highest BCUT2D eigenvalue weighted by Crippen LogP contribution is 2.50. The maximum absolute atomic E-state index is 13.7. The predicted molar refractivity (Wildman–Crippen MR) is 154 cm³/mol. The van der Waals surface area contributed by atoms with Gasteiger partial charge in [-0.25, -0.2) is 0 Å². The van der Waals surface area contributed by atoms with Crippen LogP contribution < -0.4 is 15.2 Å². The van der Waals surface area contributed by atoms with Crippen molar-refractivity contribution in [3.63, 3.8) is 0 Å². The molecule has 4 rings (SSSR count). The number of methoxy groups -OCH3 is 2. The minimum absolute atomic E-state index is 0.0105. The number of rotatable bonds is 8. The van der Waals surface area contributed by atoms with Crippen LogP contribution in [-0.4, -0.2) is 38.1 Å². The molecule has 1 aliphatic carbocycles. The second kappa shape index (κ2) is 11.7. The van der Waals surface area contributed by atoms with Crippen molar-refractivity contribution in [1.29, 1.82) is 10.5 Å². The lowest BCUT2D eigenvalue weighted by Gasteiger charge is -2.43. The van der Waals surface area contributed by atoms with E-state index in [4.69, 9.17) is 19.9 Å².